The van der Waals surface area contributed by atoms with Crippen molar-refractivity contribution in [3.05, 3.63) is 116 Å². The van der Waals surface area contributed by atoms with E-state index in [1.807, 2.05) is 67.5 Å². The number of carbonyl (C=O) groups excluding carboxylic acids is 4. The van der Waals surface area contributed by atoms with Gasteiger partial charge in [0.2, 0.25) is 0 Å². The molecular formula is C44H48F6N6O4. The molecule has 0 spiro atoms. The van der Waals surface area contributed by atoms with Gasteiger partial charge in [0.15, 0.2) is 34.9 Å². The second-order valence-electron chi connectivity index (χ2n) is 15.6. The van der Waals surface area contributed by atoms with E-state index in [0.717, 1.165) is 9.80 Å². The molecule has 0 radical (unpaired) electrons. The van der Waals surface area contributed by atoms with Crippen LogP contribution in [0, 0.1) is 34.9 Å². The number of fused-ring (bicyclic) bond motifs is 2. The van der Waals surface area contributed by atoms with Crippen molar-refractivity contribution in [2.24, 2.45) is 11.5 Å². The number of anilines is 4. The molecule has 0 fully saturated rings. The Labute approximate surface area is 344 Å². The van der Waals surface area contributed by atoms with Gasteiger partial charge in [-0.1, -0.05) is 91.8 Å². The maximum Gasteiger partial charge on any atom is 0.269 e. The maximum absolute atomic E-state index is 15.1. The van der Waals surface area contributed by atoms with Gasteiger partial charge in [-0.25, -0.2) is 36.1 Å². The first-order chi connectivity index (χ1) is 28.3. The van der Waals surface area contributed by atoms with E-state index in [4.69, 9.17) is 11.5 Å². The number of imide groups is 2. The summed E-state index contributed by atoms with van der Waals surface area (Å²) >= 11 is 0. The summed E-state index contributed by atoms with van der Waals surface area (Å²) in [6.45, 7) is 15.2. The van der Waals surface area contributed by atoms with Gasteiger partial charge in [-0.2, -0.15) is 0 Å². The lowest BCUT2D eigenvalue weighted by Gasteiger charge is -2.25. The molecule has 0 aliphatic carbocycles. The molecule has 0 saturated carbocycles. The minimum absolute atomic E-state index is 0.00965. The van der Waals surface area contributed by atoms with E-state index in [9.17, 15) is 41.1 Å². The Hall–Kier alpha value is -5.74. The first-order valence-electron chi connectivity index (χ1n) is 19.6. The molecule has 60 heavy (non-hydrogen) atoms. The Balaban J connectivity index is 0.000000228. The van der Waals surface area contributed by atoms with Crippen molar-refractivity contribution in [3.8, 4) is 0 Å². The Kier molecular flexibility index (Phi) is 13.5. The molecule has 0 aromatic heterocycles. The minimum Gasteiger partial charge on any atom is -0.381 e. The molecule has 2 aliphatic rings. The van der Waals surface area contributed by atoms with Crippen molar-refractivity contribution in [1.82, 2.24) is 0 Å². The number of carbonyl (C=O) groups is 4. The molecule has 10 nitrogen and oxygen atoms in total. The van der Waals surface area contributed by atoms with Gasteiger partial charge < -0.3 is 22.1 Å². The van der Waals surface area contributed by atoms with Gasteiger partial charge >= 0.3 is 0 Å². The molecular weight excluding hydrogens is 791 g/mol. The van der Waals surface area contributed by atoms with Crippen LogP contribution in [0.15, 0.2) is 36.4 Å². The van der Waals surface area contributed by atoms with Crippen LogP contribution in [0.4, 0.5) is 49.1 Å². The molecule has 2 heterocycles. The Morgan fingerprint density at radius 2 is 0.750 bits per heavy atom. The number of hydrogen-bond acceptors (Lipinski definition) is 8. The second-order valence-corrected chi connectivity index (χ2v) is 15.6. The number of nitrogens with one attached hydrogen (secondary N) is 2. The third kappa shape index (κ3) is 7.62. The van der Waals surface area contributed by atoms with Crippen molar-refractivity contribution in [2.75, 3.05) is 46.6 Å². The summed E-state index contributed by atoms with van der Waals surface area (Å²) < 4.78 is 87.7. The number of hydrogen-bond donors (Lipinski definition) is 4. The van der Waals surface area contributed by atoms with Crippen LogP contribution in [-0.2, 0) is 0 Å². The Morgan fingerprint density at radius 3 is 1.12 bits per heavy atom. The standard InChI is InChI=1S/2C22H24F3N3O2/c1-10(2)12-6-5-7-13(11(3)4)20(12)28-21(29)14-15(22(28)30)19(27-9-8-26)18(25)17(24)16(14)23;1-10(2)12-6-5-7-13(11(3)4)20(12)28-21(29)14-15(22(28)30)17(24)19(27-9-8-26)18(25)16(14)23/h2*5-7,10-11,27H,8-9,26H2,1-4H3. The van der Waals surface area contributed by atoms with Crippen molar-refractivity contribution in [1.29, 1.82) is 0 Å². The summed E-state index contributed by atoms with van der Waals surface area (Å²) in [5.41, 5.74) is 9.83. The van der Waals surface area contributed by atoms with Gasteiger partial charge in [0.1, 0.15) is 5.69 Å². The predicted octanol–water partition coefficient (Wildman–Crippen LogP) is 9.04. The largest absolute Gasteiger partial charge is 0.381 e. The lowest BCUT2D eigenvalue weighted by molar-refractivity contribution is 0.0908. The SMILES string of the molecule is CC(C)c1cccc(C(C)C)c1N1C(=O)c2c(F)c(F)c(F)c(NCCN)c2C1=O.CC(C)c1cccc(C(C)C)c1N1C(=O)c2c(F)c(F)c(NCCN)c(F)c2C1=O. The smallest absolute Gasteiger partial charge is 0.269 e. The van der Waals surface area contributed by atoms with E-state index in [1.165, 1.54) is 0 Å². The van der Waals surface area contributed by atoms with Gasteiger partial charge in [0.25, 0.3) is 23.6 Å². The molecule has 4 aromatic rings. The average Bonchev–Trinajstić information content (AvgIpc) is 3.62. The Morgan fingerprint density at radius 1 is 0.450 bits per heavy atom. The number of para-hydroxylation sites is 2. The zero-order valence-corrected chi connectivity index (χ0v) is 34.6. The molecule has 6 rings (SSSR count). The maximum atomic E-state index is 15.1. The van der Waals surface area contributed by atoms with E-state index in [1.54, 1.807) is 24.3 Å². The number of halogens is 6. The fourth-order valence-corrected chi connectivity index (χ4v) is 7.43. The molecule has 6 N–H and O–H groups in total. The number of nitrogens with zero attached hydrogens (tertiary/aromatic N) is 2. The van der Waals surface area contributed by atoms with Crippen LogP contribution < -0.4 is 31.9 Å². The van der Waals surface area contributed by atoms with E-state index >= 15 is 4.39 Å². The summed E-state index contributed by atoms with van der Waals surface area (Å²) in [5, 5.41) is 4.88. The van der Waals surface area contributed by atoms with Gasteiger partial charge in [0, 0.05) is 26.2 Å². The first kappa shape index (κ1) is 45.3. The van der Waals surface area contributed by atoms with Crippen LogP contribution >= 0.6 is 0 Å². The normalized spacial score (nSPS) is 13.6. The minimum atomic E-state index is -1.81. The van der Waals surface area contributed by atoms with E-state index in [-0.39, 0.29) is 49.9 Å². The highest BCUT2D eigenvalue weighted by molar-refractivity contribution is 6.37. The Bertz CT molecular complexity index is 2340. The highest BCUT2D eigenvalue weighted by Crippen LogP contribution is 2.44. The van der Waals surface area contributed by atoms with Gasteiger partial charge in [-0.05, 0) is 45.9 Å². The van der Waals surface area contributed by atoms with Crippen molar-refractivity contribution < 1.29 is 45.5 Å². The number of rotatable bonds is 12. The quantitative estimate of drug-likeness (QED) is 0.0478. The zero-order valence-electron chi connectivity index (χ0n) is 34.6. The molecule has 4 amide bonds. The summed E-state index contributed by atoms with van der Waals surface area (Å²) in [7, 11) is 0. The lowest BCUT2D eigenvalue weighted by Crippen LogP contribution is -2.32. The highest BCUT2D eigenvalue weighted by Gasteiger charge is 2.47. The fourth-order valence-electron chi connectivity index (χ4n) is 7.43. The van der Waals surface area contributed by atoms with Crippen molar-refractivity contribution >= 4 is 46.4 Å². The van der Waals surface area contributed by atoms with Gasteiger partial charge in [0.05, 0.1) is 39.3 Å². The predicted molar refractivity (Wildman–Crippen MR) is 219 cm³/mol. The topological polar surface area (TPSA) is 151 Å². The van der Waals surface area contributed by atoms with Crippen LogP contribution in [-0.4, -0.2) is 49.8 Å². The fraction of sp³-hybridized carbons (Fsp3) is 0.364. The first-order valence-corrected chi connectivity index (χ1v) is 19.6. The lowest BCUT2D eigenvalue weighted by atomic mass is 9.92. The number of nitrogens with two attached hydrogens (primary N) is 2. The number of benzene rings is 4. The van der Waals surface area contributed by atoms with Crippen molar-refractivity contribution in [3.63, 3.8) is 0 Å². The number of amides is 4. The molecule has 0 unspecified atom stereocenters. The summed E-state index contributed by atoms with van der Waals surface area (Å²) in [4.78, 5) is 54.4. The highest BCUT2D eigenvalue weighted by atomic mass is 19.2. The summed E-state index contributed by atoms with van der Waals surface area (Å²) in [5.74, 6) is -13.7. The third-order valence-corrected chi connectivity index (χ3v) is 10.3. The van der Waals surface area contributed by atoms with E-state index in [0.29, 0.717) is 33.6 Å². The van der Waals surface area contributed by atoms with Gasteiger partial charge in [-0.15, -0.1) is 0 Å². The van der Waals surface area contributed by atoms with E-state index in [2.05, 4.69) is 10.6 Å². The molecule has 0 saturated heterocycles. The van der Waals surface area contributed by atoms with Crippen LogP contribution in [0.5, 0.6) is 0 Å². The molecule has 0 bridgehead atoms. The second kappa shape index (κ2) is 17.9. The van der Waals surface area contributed by atoms with Crippen LogP contribution in [0.25, 0.3) is 0 Å². The van der Waals surface area contributed by atoms with Crippen LogP contribution in [0.2, 0.25) is 0 Å². The molecule has 4 aromatic carbocycles. The van der Waals surface area contributed by atoms with Crippen LogP contribution in [0.3, 0.4) is 0 Å². The molecule has 16 heteroatoms. The van der Waals surface area contributed by atoms with Gasteiger partial charge in [-0.3, -0.25) is 19.2 Å². The van der Waals surface area contributed by atoms with Crippen molar-refractivity contribution in [2.45, 2.75) is 79.1 Å². The van der Waals surface area contributed by atoms with Crippen LogP contribution in [0.1, 0.15) is 143 Å². The average molecular weight is 839 g/mol. The zero-order chi connectivity index (χ0) is 44.7. The molecule has 2 aliphatic heterocycles. The third-order valence-electron chi connectivity index (χ3n) is 10.3. The monoisotopic (exact) mass is 838 g/mol. The molecule has 0 atom stereocenters. The van der Waals surface area contributed by atoms with E-state index < -0.39 is 92.2 Å². The summed E-state index contributed by atoms with van der Waals surface area (Å²) in [6, 6.07) is 10.7. The molecule has 320 valence electrons. The summed E-state index contributed by atoms with van der Waals surface area (Å²) in [6.07, 6.45) is 0.